The van der Waals surface area contributed by atoms with Crippen LogP contribution in [0.1, 0.15) is 32.4 Å². The van der Waals surface area contributed by atoms with Crippen molar-refractivity contribution in [2.45, 2.75) is 31.9 Å². The van der Waals surface area contributed by atoms with Crippen LogP contribution in [-0.2, 0) is 0 Å². The van der Waals surface area contributed by atoms with Gasteiger partial charge in [0.1, 0.15) is 11.1 Å². The van der Waals surface area contributed by atoms with Crippen LogP contribution in [0, 0.1) is 5.41 Å². The van der Waals surface area contributed by atoms with Crippen LogP contribution >= 0.6 is 11.8 Å². The van der Waals surface area contributed by atoms with E-state index in [1.54, 1.807) is 6.20 Å². The van der Waals surface area contributed by atoms with E-state index in [-0.39, 0.29) is 5.41 Å². The maximum Gasteiger partial charge on any atom is 0.108 e. The lowest BCUT2D eigenvalue weighted by Gasteiger charge is -2.25. The number of aromatic nitrogens is 1. The summed E-state index contributed by atoms with van der Waals surface area (Å²) in [7, 11) is 0. The molecular formula is C19H21NOS. The van der Waals surface area contributed by atoms with E-state index < -0.39 is 6.10 Å². The Morgan fingerprint density at radius 1 is 1.14 bits per heavy atom. The van der Waals surface area contributed by atoms with Gasteiger partial charge in [0.05, 0.1) is 0 Å². The van der Waals surface area contributed by atoms with Gasteiger partial charge in [0.2, 0.25) is 0 Å². The summed E-state index contributed by atoms with van der Waals surface area (Å²) in [4.78, 5) is 4.26. The number of benzene rings is 1. The predicted octanol–water partition coefficient (Wildman–Crippen LogP) is 4.99. The van der Waals surface area contributed by atoms with Gasteiger partial charge in [0.25, 0.3) is 0 Å². The monoisotopic (exact) mass is 311 g/mol. The van der Waals surface area contributed by atoms with Crippen LogP contribution in [0.4, 0.5) is 0 Å². The van der Waals surface area contributed by atoms with Crippen molar-refractivity contribution in [3.63, 3.8) is 0 Å². The fourth-order valence-corrected chi connectivity index (χ4v) is 2.66. The van der Waals surface area contributed by atoms with Crippen molar-refractivity contribution in [2.24, 2.45) is 5.41 Å². The molecule has 1 aromatic carbocycles. The number of pyridine rings is 1. The summed E-state index contributed by atoms with van der Waals surface area (Å²) in [6.45, 7) is 6.25. The molecule has 0 aliphatic heterocycles. The lowest BCUT2D eigenvalue weighted by atomic mass is 9.81. The molecule has 0 amide bonds. The summed E-state index contributed by atoms with van der Waals surface area (Å²) in [6.07, 6.45) is 1.12. The number of aliphatic hydroxyl groups excluding tert-OH is 1. The molecule has 0 radical (unpaired) electrons. The first-order valence-corrected chi connectivity index (χ1v) is 8.12. The van der Waals surface area contributed by atoms with Gasteiger partial charge < -0.3 is 5.11 Å². The van der Waals surface area contributed by atoms with Gasteiger partial charge >= 0.3 is 0 Å². The second-order valence-electron chi connectivity index (χ2n) is 6.02. The largest absolute Gasteiger partial charge is 0.383 e. The van der Waals surface area contributed by atoms with E-state index in [1.807, 2.05) is 53.9 Å². The molecular weight excluding hydrogens is 290 g/mol. The Morgan fingerprint density at radius 2 is 1.82 bits per heavy atom. The van der Waals surface area contributed by atoms with E-state index in [0.717, 1.165) is 16.2 Å². The van der Waals surface area contributed by atoms with Gasteiger partial charge in [-0.3, -0.25) is 0 Å². The number of hydrogen-bond acceptors (Lipinski definition) is 3. The normalized spacial score (nSPS) is 12.4. The van der Waals surface area contributed by atoms with Gasteiger partial charge in [-0.25, -0.2) is 4.98 Å². The van der Waals surface area contributed by atoms with E-state index in [0.29, 0.717) is 0 Å². The molecule has 114 valence electrons. The lowest BCUT2D eigenvalue weighted by molar-refractivity contribution is 0.189. The molecule has 2 aromatic rings. The van der Waals surface area contributed by atoms with Gasteiger partial charge in [-0.2, -0.15) is 0 Å². The molecule has 0 bridgehead atoms. The highest BCUT2D eigenvalue weighted by atomic mass is 32.2. The summed E-state index contributed by atoms with van der Waals surface area (Å²) in [5, 5.41) is 13.5. The van der Waals surface area contributed by atoms with Gasteiger partial charge in [-0.05, 0) is 23.1 Å². The zero-order chi connectivity index (χ0) is 16.0. The van der Waals surface area contributed by atoms with Crippen LogP contribution in [0.5, 0.6) is 0 Å². The van der Waals surface area contributed by atoms with Crippen LogP contribution in [-0.4, -0.2) is 10.1 Å². The van der Waals surface area contributed by atoms with Crippen molar-refractivity contribution >= 4 is 11.8 Å². The summed E-state index contributed by atoms with van der Waals surface area (Å²) in [5.74, 6) is 0. The first-order valence-electron chi connectivity index (χ1n) is 7.25. The van der Waals surface area contributed by atoms with Gasteiger partial charge in [-0.15, -0.1) is 5.73 Å². The van der Waals surface area contributed by atoms with Crippen molar-refractivity contribution in [2.75, 3.05) is 0 Å². The van der Waals surface area contributed by atoms with E-state index in [1.165, 1.54) is 11.8 Å². The smallest absolute Gasteiger partial charge is 0.108 e. The Balaban J connectivity index is 2.28. The van der Waals surface area contributed by atoms with Crippen LogP contribution in [0.3, 0.4) is 0 Å². The predicted molar refractivity (Wildman–Crippen MR) is 92.5 cm³/mol. The van der Waals surface area contributed by atoms with Gasteiger partial charge in [0.15, 0.2) is 0 Å². The summed E-state index contributed by atoms with van der Waals surface area (Å²) in [5.41, 5.74) is 4.85. The SMILES string of the molecule is CC(C)(C)C(=C=CSc1ccccn1)[C@@H](O)c1ccccc1. The topological polar surface area (TPSA) is 33.1 Å². The Morgan fingerprint density at radius 3 is 2.41 bits per heavy atom. The average molecular weight is 311 g/mol. The molecule has 0 aliphatic carbocycles. The molecule has 1 aromatic heterocycles. The minimum Gasteiger partial charge on any atom is -0.383 e. The summed E-state index contributed by atoms with van der Waals surface area (Å²) >= 11 is 1.50. The Bertz CT molecular complexity index is 653. The second kappa shape index (κ2) is 7.46. The lowest BCUT2D eigenvalue weighted by Crippen LogP contribution is -2.16. The molecule has 2 nitrogen and oxygen atoms in total. The number of thioether (sulfide) groups is 1. The third-order valence-electron chi connectivity index (χ3n) is 3.23. The van der Waals surface area contributed by atoms with E-state index >= 15 is 0 Å². The van der Waals surface area contributed by atoms with E-state index in [4.69, 9.17) is 0 Å². The quantitative estimate of drug-likeness (QED) is 0.637. The fraction of sp³-hybridized carbons (Fsp3) is 0.263. The number of aliphatic hydroxyl groups is 1. The minimum atomic E-state index is -0.651. The van der Waals surface area contributed by atoms with Crippen molar-refractivity contribution in [3.05, 3.63) is 77.0 Å². The summed E-state index contributed by atoms with van der Waals surface area (Å²) in [6, 6.07) is 15.5. The zero-order valence-corrected chi connectivity index (χ0v) is 14.0. The molecule has 0 saturated heterocycles. The maximum atomic E-state index is 10.7. The molecule has 22 heavy (non-hydrogen) atoms. The van der Waals surface area contributed by atoms with Crippen molar-refractivity contribution in [1.82, 2.24) is 4.98 Å². The van der Waals surface area contributed by atoms with Crippen molar-refractivity contribution < 1.29 is 5.11 Å². The van der Waals surface area contributed by atoms with Crippen LogP contribution in [0.15, 0.2) is 76.5 Å². The Kier molecular flexibility index (Phi) is 5.62. The standard InChI is InChI=1S/C19H21NOS/c1-19(2,3)16(18(21)15-9-5-4-6-10-15)12-14-22-17-11-7-8-13-20-17/h4-11,13-14,18,21H,1-3H3/t12?,18-/m0/s1. The fourth-order valence-electron chi connectivity index (χ4n) is 2.08. The minimum absolute atomic E-state index is 0.170. The number of nitrogens with zero attached hydrogens (tertiary/aromatic N) is 1. The Hall–Kier alpha value is -1.80. The third kappa shape index (κ3) is 4.60. The first kappa shape index (κ1) is 16.6. The molecule has 2 rings (SSSR count). The van der Waals surface area contributed by atoms with Crippen LogP contribution in [0.2, 0.25) is 0 Å². The second-order valence-corrected chi connectivity index (χ2v) is 6.91. The molecule has 1 heterocycles. The van der Waals surface area contributed by atoms with E-state index in [2.05, 4.69) is 31.5 Å². The highest BCUT2D eigenvalue weighted by molar-refractivity contribution is 8.02. The summed E-state index contributed by atoms with van der Waals surface area (Å²) < 4.78 is 0. The molecule has 0 saturated carbocycles. The highest BCUT2D eigenvalue weighted by Gasteiger charge is 2.24. The van der Waals surface area contributed by atoms with Gasteiger partial charge in [0, 0.05) is 17.2 Å². The molecule has 0 fully saturated rings. The number of rotatable bonds is 4. The molecule has 1 N–H and O–H groups in total. The zero-order valence-electron chi connectivity index (χ0n) is 13.2. The number of hydrogen-bond donors (Lipinski definition) is 1. The maximum absolute atomic E-state index is 10.7. The van der Waals surface area contributed by atoms with E-state index in [9.17, 15) is 5.11 Å². The molecule has 3 heteroatoms. The average Bonchev–Trinajstić information content (AvgIpc) is 2.52. The Labute approximate surface area is 136 Å². The first-order chi connectivity index (χ1) is 10.5. The van der Waals surface area contributed by atoms with Crippen molar-refractivity contribution in [1.29, 1.82) is 0 Å². The van der Waals surface area contributed by atoms with Gasteiger partial charge in [-0.1, -0.05) is 68.9 Å². The molecule has 0 aliphatic rings. The molecule has 0 unspecified atom stereocenters. The third-order valence-corrected chi connectivity index (χ3v) is 3.95. The highest BCUT2D eigenvalue weighted by Crippen LogP contribution is 2.35. The van der Waals surface area contributed by atoms with Crippen molar-refractivity contribution in [3.8, 4) is 0 Å². The van der Waals surface area contributed by atoms with Crippen LogP contribution < -0.4 is 0 Å². The molecule has 1 atom stereocenters. The van der Waals surface area contributed by atoms with Crippen LogP contribution in [0.25, 0.3) is 0 Å². The molecule has 0 spiro atoms.